The van der Waals surface area contributed by atoms with Crippen molar-refractivity contribution >= 4 is 0 Å². The molecule has 0 radical (unpaired) electrons. The summed E-state index contributed by atoms with van der Waals surface area (Å²) in [6.45, 7) is 6.40. The summed E-state index contributed by atoms with van der Waals surface area (Å²) in [5.74, 6) is 0. The second-order valence-corrected chi connectivity index (χ2v) is 2.77. The summed E-state index contributed by atoms with van der Waals surface area (Å²) in [5, 5.41) is 0. The second-order valence-electron chi connectivity index (χ2n) is 2.77. The van der Waals surface area contributed by atoms with Gasteiger partial charge in [0, 0.05) is 0 Å². The molecule has 0 unspecified atom stereocenters. The first-order chi connectivity index (χ1) is 5.85. The third kappa shape index (κ3) is 5.96. The van der Waals surface area contributed by atoms with Crippen LogP contribution >= 0.6 is 0 Å². The zero-order valence-electron chi connectivity index (χ0n) is 8.51. The highest BCUT2D eigenvalue weighted by molar-refractivity contribution is 5.21. The third-order valence-electron chi connectivity index (χ3n) is 1.62. The minimum Gasteiger partial charge on any atom is -0.0913 e. The largest absolute Gasteiger partial charge is 0.0913 e. The van der Waals surface area contributed by atoms with Gasteiger partial charge in [0.2, 0.25) is 0 Å². The monoisotopic (exact) mass is 164 g/mol. The van der Waals surface area contributed by atoms with Crippen LogP contribution in [0.1, 0.15) is 40.0 Å². The molecule has 0 spiro atoms. The zero-order chi connectivity index (χ0) is 9.23. The highest BCUT2D eigenvalue weighted by Crippen LogP contribution is 2.06. The summed E-state index contributed by atoms with van der Waals surface area (Å²) >= 11 is 0. The predicted molar refractivity (Wildman–Crippen MR) is 57.2 cm³/mol. The highest BCUT2D eigenvalue weighted by atomic mass is 13.9. The minimum atomic E-state index is 1.07. The fourth-order valence-corrected chi connectivity index (χ4v) is 1.00. The van der Waals surface area contributed by atoms with Gasteiger partial charge in [-0.2, -0.15) is 0 Å². The molecule has 0 saturated carbocycles. The van der Waals surface area contributed by atoms with Crippen molar-refractivity contribution in [1.82, 2.24) is 0 Å². The van der Waals surface area contributed by atoms with Crippen LogP contribution in [0.25, 0.3) is 0 Å². The van der Waals surface area contributed by atoms with Crippen LogP contribution in [-0.4, -0.2) is 0 Å². The van der Waals surface area contributed by atoms with Crippen molar-refractivity contribution in [2.45, 2.75) is 40.0 Å². The van der Waals surface area contributed by atoms with Crippen LogP contribution in [0.3, 0.4) is 0 Å². The van der Waals surface area contributed by atoms with Crippen molar-refractivity contribution in [1.29, 1.82) is 0 Å². The molecule has 0 nitrogen and oxygen atoms in total. The molecule has 12 heavy (non-hydrogen) atoms. The van der Waals surface area contributed by atoms with Crippen molar-refractivity contribution in [2.75, 3.05) is 0 Å². The van der Waals surface area contributed by atoms with E-state index in [1.165, 1.54) is 5.57 Å². The lowest BCUT2D eigenvalue weighted by molar-refractivity contribution is 1.14. The van der Waals surface area contributed by atoms with E-state index in [9.17, 15) is 0 Å². The Morgan fingerprint density at radius 1 is 1.08 bits per heavy atom. The first-order valence-corrected chi connectivity index (χ1v) is 4.81. The average Bonchev–Trinajstić information content (AvgIpc) is 2.10. The second kappa shape index (κ2) is 8.32. The Balaban J connectivity index is 4.04. The number of hydrogen-bond donors (Lipinski definition) is 0. The molecule has 0 N–H and O–H groups in total. The van der Waals surface area contributed by atoms with E-state index in [0.717, 1.165) is 19.3 Å². The maximum absolute atomic E-state index is 2.28. The van der Waals surface area contributed by atoms with Gasteiger partial charge in [-0.1, -0.05) is 44.2 Å². The van der Waals surface area contributed by atoms with Crippen molar-refractivity contribution < 1.29 is 0 Å². The van der Waals surface area contributed by atoms with Crippen LogP contribution < -0.4 is 0 Å². The number of allylic oxidation sites excluding steroid dienone is 6. The van der Waals surface area contributed by atoms with Crippen LogP contribution in [0.2, 0.25) is 0 Å². The Hall–Kier alpha value is -0.780. The Labute approximate surface area is 76.7 Å². The van der Waals surface area contributed by atoms with E-state index < -0.39 is 0 Å². The Morgan fingerprint density at radius 3 is 2.33 bits per heavy atom. The minimum absolute atomic E-state index is 1.07. The summed E-state index contributed by atoms with van der Waals surface area (Å²) in [6.07, 6.45) is 14.3. The Kier molecular flexibility index (Phi) is 7.78. The number of rotatable bonds is 5. The van der Waals surface area contributed by atoms with Crippen molar-refractivity contribution in [3.05, 3.63) is 36.0 Å². The molecule has 0 aliphatic rings. The van der Waals surface area contributed by atoms with Crippen LogP contribution in [0.5, 0.6) is 0 Å². The Bertz CT molecular complexity index is 170. The molecule has 0 atom stereocenters. The Morgan fingerprint density at radius 2 is 1.83 bits per heavy atom. The lowest BCUT2D eigenvalue weighted by Crippen LogP contribution is -1.75. The van der Waals surface area contributed by atoms with E-state index in [-0.39, 0.29) is 0 Å². The molecule has 0 heteroatoms. The average molecular weight is 164 g/mol. The fraction of sp³-hybridized carbons (Fsp3) is 0.500. The van der Waals surface area contributed by atoms with Gasteiger partial charge < -0.3 is 0 Å². The molecule has 0 rings (SSSR count). The summed E-state index contributed by atoms with van der Waals surface area (Å²) < 4.78 is 0. The molecular formula is C12H20. The molecule has 0 amide bonds. The standard InChI is InChI=1S/C12H20/c1-4-7-10-12(9-6-3)11-8-5-2/h4,7-9,11H,5-6,10H2,1-3H3. The number of hydrogen-bond acceptors (Lipinski definition) is 0. The van der Waals surface area contributed by atoms with Crippen LogP contribution in [0, 0.1) is 0 Å². The smallest absolute Gasteiger partial charge is 0.0101 e. The SMILES string of the molecule is CC=CCC(C=CCC)=CCC. The van der Waals surface area contributed by atoms with Gasteiger partial charge in [-0.05, 0) is 31.8 Å². The van der Waals surface area contributed by atoms with Gasteiger partial charge in [0.05, 0.1) is 0 Å². The molecule has 68 valence electrons. The van der Waals surface area contributed by atoms with Crippen LogP contribution in [0.15, 0.2) is 36.0 Å². The van der Waals surface area contributed by atoms with Crippen molar-refractivity contribution in [3.8, 4) is 0 Å². The van der Waals surface area contributed by atoms with Gasteiger partial charge in [0.25, 0.3) is 0 Å². The third-order valence-corrected chi connectivity index (χ3v) is 1.62. The van der Waals surface area contributed by atoms with Gasteiger partial charge in [-0.25, -0.2) is 0 Å². The highest BCUT2D eigenvalue weighted by Gasteiger charge is 1.86. The van der Waals surface area contributed by atoms with Crippen molar-refractivity contribution in [2.24, 2.45) is 0 Å². The van der Waals surface area contributed by atoms with Gasteiger partial charge >= 0.3 is 0 Å². The van der Waals surface area contributed by atoms with E-state index in [1.807, 2.05) is 0 Å². The lowest BCUT2D eigenvalue weighted by Gasteiger charge is -1.95. The first-order valence-electron chi connectivity index (χ1n) is 4.81. The van der Waals surface area contributed by atoms with E-state index in [4.69, 9.17) is 0 Å². The predicted octanol–water partition coefficient (Wildman–Crippen LogP) is 4.26. The maximum Gasteiger partial charge on any atom is -0.0101 e. The molecule has 0 heterocycles. The summed E-state index contributed by atoms with van der Waals surface area (Å²) in [6, 6.07) is 0. The fourth-order valence-electron chi connectivity index (χ4n) is 1.00. The lowest BCUT2D eigenvalue weighted by atomic mass is 10.1. The molecule has 0 aliphatic carbocycles. The van der Waals surface area contributed by atoms with Gasteiger partial charge in [0.1, 0.15) is 0 Å². The van der Waals surface area contributed by atoms with Crippen LogP contribution in [-0.2, 0) is 0 Å². The molecule has 0 saturated heterocycles. The van der Waals surface area contributed by atoms with E-state index in [1.54, 1.807) is 0 Å². The summed E-state index contributed by atoms with van der Waals surface area (Å²) in [7, 11) is 0. The molecule has 0 bridgehead atoms. The van der Waals surface area contributed by atoms with Crippen molar-refractivity contribution in [3.63, 3.8) is 0 Å². The van der Waals surface area contributed by atoms with E-state index >= 15 is 0 Å². The molecular weight excluding hydrogens is 144 g/mol. The normalized spacial score (nSPS) is 13.4. The van der Waals surface area contributed by atoms with Gasteiger partial charge in [-0.15, -0.1) is 0 Å². The summed E-state index contributed by atoms with van der Waals surface area (Å²) in [5.41, 5.74) is 1.43. The van der Waals surface area contributed by atoms with E-state index in [0.29, 0.717) is 0 Å². The van der Waals surface area contributed by atoms with Crippen LogP contribution in [0.4, 0.5) is 0 Å². The molecule has 0 aliphatic heterocycles. The van der Waals surface area contributed by atoms with Gasteiger partial charge in [0.15, 0.2) is 0 Å². The van der Waals surface area contributed by atoms with E-state index in [2.05, 4.69) is 51.2 Å². The van der Waals surface area contributed by atoms with Gasteiger partial charge in [-0.3, -0.25) is 0 Å². The topological polar surface area (TPSA) is 0 Å². The molecule has 0 aromatic heterocycles. The quantitative estimate of drug-likeness (QED) is 0.421. The summed E-state index contributed by atoms with van der Waals surface area (Å²) in [4.78, 5) is 0. The molecule has 0 aromatic carbocycles. The maximum atomic E-state index is 2.28. The first kappa shape index (κ1) is 11.2. The zero-order valence-corrected chi connectivity index (χ0v) is 8.51. The molecule has 0 aromatic rings. The molecule has 0 fully saturated rings.